The second-order valence-electron chi connectivity index (χ2n) is 7.05. The van der Waals surface area contributed by atoms with E-state index in [1.54, 1.807) is 42.5 Å². The fourth-order valence-corrected chi connectivity index (χ4v) is 3.24. The summed E-state index contributed by atoms with van der Waals surface area (Å²) in [5.74, 6) is 0.612. The van der Waals surface area contributed by atoms with E-state index in [4.69, 9.17) is 21.1 Å². The van der Waals surface area contributed by atoms with Crippen LogP contribution >= 0.6 is 11.6 Å². The van der Waals surface area contributed by atoms with Crippen LogP contribution in [0.5, 0.6) is 11.5 Å². The molecule has 3 rings (SSSR count). The molecular weight excluding hydrogens is 424 g/mol. The van der Waals surface area contributed by atoms with Crippen LogP contribution in [0.1, 0.15) is 23.6 Å². The van der Waals surface area contributed by atoms with E-state index in [1.165, 1.54) is 6.08 Å². The molecule has 0 atom stereocenters. The van der Waals surface area contributed by atoms with Gasteiger partial charge in [-0.2, -0.15) is 5.26 Å². The van der Waals surface area contributed by atoms with Crippen LogP contribution in [0.15, 0.2) is 72.3 Å². The zero-order chi connectivity index (χ0) is 22.9. The Morgan fingerprint density at radius 3 is 2.59 bits per heavy atom. The molecule has 0 saturated heterocycles. The van der Waals surface area contributed by atoms with Crippen molar-refractivity contribution in [3.8, 4) is 17.6 Å². The minimum atomic E-state index is -0.521. The molecule has 0 heterocycles. The number of carbonyl (C=O) groups is 1. The van der Waals surface area contributed by atoms with E-state index in [0.717, 1.165) is 11.1 Å². The van der Waals surface area contributed by atoms with Gasteiger partial charge in [-0.1, -0.05) is 53.6 Å². The van der Waals surface area contributed by atoms with E-state index < -0.39 is 5.91 Å². The molecule has 0 unspecified atom stereocenters. The molecule has 0 aromatic heterocycles. The van der Waals surface area contributed by atoms with Crippen LogP contribution in [0.2, 0.25) is 5.02 Å². The van der Waals surface area contributed by atoms with Crippen LogP contribution in [-0.2, 0) is 11.4 Å². The summed E-state index contributed by atoms with van der Waals surface area (Å²) >= 11 is 5.95. The van der Waals surface area contributed by atoms with Gasteiger partial charge in [-0.05, 0) is 61.4 Å². The fraction of sp³-hybridized carbons (Fsp3) is 0.154. The monoisotopic (exact) mass is 446 g/mol. The highest BCUT2D eigenvalue weighted by Gasteiger charge is 2.12. The smallest absolute Gasteiger partial charge is 0.266 e. The highest BCUT2D eigenvalue weighted by atomic mass is 35.5. The van der Waals surface area contributed by atoms with Gasteiger partial charge in [0.05, 0.1) is 6.61 Å². The molecule has 0 saturated carbocycles. The molecule has 0 fully saturated rings. The van der Waals surface area contributed by atoms with Crippen LogP contribution in [0, 0.1) is 18.3 Å². The topological polar surface area (TPSA) is 71.3 Å². The van der Waals surface area contributed by atoms with Crippen molar-refractivity contribution in [1.82, 2.24) is 0 Å². The number of halogens is 1. The first-order chi connectivity index (χ1) is 15.5. The van der Waals surface area contributed by atoms with Crippen LogP contribution in [-0.4, -0.2) is 12.5 Å². The Morgan fingerprint density at radius 1 is 1.06 bits per heavy atom. The third-order valence-corrected chi connectivity index (χ3v) is 4.74. The number of rotatable bonds is 8. The minimum absolute atomic E-state index is 0.0409. The first-order valence-corrected chi connectivity index (χ1v) is 10.5. The quantitative estimate of drug-likeness (QED) is 0.331. The number of hydrogen-bond donors (Lipinski definition) is 1. The van der Waals surface area contributed by atoms with Crippen molar-refractivity contribution in [2.24, 2.45) is 0 Å². The van der Waals surface area contributed by atoms with E-state index in [-0.39, 0.29) is 5.57 Å². The number of amides is 1. The van der Waals surface area contributed by atoms with Gasteiger partial charge >= 0.3 is 0 Å². The van der Waals surface area contributed by atoms with E-state index in [2.05, 4.69) is 11.4 Å². The molecule has 0 spiro atoms. The molecule has 0 radical (unpaired) electrons. The molecule has 1 amide bonds. The maximum absolute atomic E-state index is 12.5. The van der Waals surface area contributed by atoms with Crippen molar-refractivity contribution in [2.45, 2.75) is 20.5 Å². The molecule has 3 aromatic rings. The lowest BCUT2D eigenvalue weighted by Gasteiger charge is -2.13. The van der Waals surface area contributed by atoms with Crippen molar-refractivity contribution in [1.29, 1.82) is 5.26 Å². The van der Waals surface area contributed by atoms with E-state index in [1.807, 2.05) is 38.1 Å². The average Bonchev–Trinajstić information content (AvgIpc) is 2.77. The van der Waals surface area contributed by atoms with Crippen LogP contribution in [0.4, 0.5) is 5.69 Å². The van der Waals surface area contributed by atoms with Gasteiger partial charge in [0.1, 0.15) is 18.2 Å². The number of aryl methyl sites for hydroxylation is 1. The lowest BCUT2D eigenvalue weighted by Crippen LogP contribution is -2.13. The largest absolute Gasteiger partial charge is 0.490 e. The van der Waals surface area contributed by atoms with Crippen molar-refractivity contribution in [3.63, 3.8) is 0 Å². The first kappa shape index (κ1) is 22.9. The molecule has 162 valence electrons. The number of nitrogens with zero attached hydrogens (tertiary/aromatic N) is 1. The molecule has 6 heteroatoms. The summed E-state index contributed by atoms with van der Waals surface area (Å²) in [5.41, 5.74) is 3.34. The second-order valence-corrected chi connectivity index (χ2v) is 7.49. The van der Waals surface area contributed by atoms with Crippen LogP contribution in [0.3, 0.4) is 0 Å². The summed E-state index contributed by atoms with van der Waals surface area (Å²) in [5, 5.41) is 12.7. The summed E-state index contributed by atoms with van der Waals surface area (Å²) < 4.78 is 11.7. The van der Waals surface area contributed by atoms with Crippen LogP contribution < -0.4 is 14.8 Å². The standard InChI is InChI=1S/C26H23ClN2O3/c1-3-31-25-14-19(10-11-24(25)32-17-20-7-4-6-18(2)12-20)13-21(16-28)26(30)29-23-9-5-8-22(27)15-23/h4-15H,3,17H2,1-2H3,(H,29,30)/b21-13+. The van der Waals surface area contributed by atoms with E-state index in [9.17, 15) is 10.1 Å². The van der Waals surface area contributed by atoms with Gasteiger partial charge in [0.2, 0.25) is 0 Å². The summed E-state index contributed by atoms with van der Waals surface area (Å²) in [6.45, 7) is 4.77. The molecule has 5 nitrogen and oxygen atoms in total. The molecular formula is C26H23ClN2O3. The molecule has 32 heavy (non-hydrogen) atoms. The maximum atomic E-state index is 12.5. The Labute approximate surface area is 192 Å². The van der Waals surface area contributed by atoms with Gasteiger partial charge in [0, 0.05) is 10.7 Å². The Bertz CT molecular complexity index is 1180. The van der Waals surface area contributed by atoms with E-state index >= 15 is 0 Å². The number of nitrogens with one attached hydrogen (secondary N) is 1. The molecule has 0 bridgehead atoms. The number of carbonyl (C=O) groups excluding carboxylic acids is 1. The number of hydrogen-bond acceptors (Lipinski definition) is 4. The summed E-state index contributed by atoms with van der Waals surface area (Å²) in [6, 6.07) is 22.1. The Hall–Kier alpha value is -3.75. The van der Waals surface area contributed by atoms with Crippen molar-refractivity contribution in [3.05, 3.63) is 94.0 Å². The van der Waals surface area contributed by atoms with Gasteiger partial charge < -0.3 is 14.8 Å². The summed E-state index contributed by atoms with van der Waals surface area (Å²) in [4.78, 5) is 12.5. The second kappa shape index (κ2) is 11.0. The highest BCUT2D eigenvalue weighted by molar-refractivity contribution is 6.31. The normalized spacial score (nSPS) is 10.9. The number of anilines is 1. The first-order valence-electron chi connectivity index (χ1n) is 10.1. The lowest BCUT2D eigenvalue weighted by molar-refractivity contribution is -0.112. The zero-order valence-corrected chi connectivity index (χ0v) is 18.6. The zero-order valence-electron chi connectivity index (χ0n) is 17.9. The Morgan fingerprint density at radius 2 is 1.88 bits per heavy atom. The van der Waals surface area contributed by atoms with Gasteiger partial charge in [0.25, 0.3) is 5.91 Å². The van der Waals surface area contributed by atoms with Gasteiger partial charge in [-0.3, -0.25) is 4.79 Å². The van der Waals surface area contributed by atoms with Gasteiger partial charge in [0.15, 0.2) is 11.5 Å². The lowest BCUT2D eigenvalue weighted by atomic mass is 10.1. The third kappa shape index (κ3) is 6.37. The van der Waals surface area contributed by atoms with Crippen LogP contribution in [0.25, 0.3) is 6.08 Å². The Kier molecular flexibility index (Phi) is 7.91. The highest BCUT2D eigenvalue weighted by Crippen LogP contribution is 2.30. The predicted molar refractivity (Wildman–Crippen MR) is 127 cm³/mol. The minimum Gasteiger partial charge on any atom is -0.490 e. The third-order valence-electron chi connectivity index (χ3n) is 4.50. The predicted octanol–water partition coefficient (Wildman–Crippen LogP) is 6.17. The average molecular weight is 447 g/mol. The van der Waals surface area contributed by atoms with Crippen molar-refractivity contribution in [2.75, 3.05) is 11.9 Å². The molecule has 0 aliphatic rings. The van der Waals surface area contributed by atoms with Crippen molar-refractivity contribution >= 4 is 29.3 Å². The van der Waals surface area contributed by atoms with Crippen molar-refractivity contribution < 1.29 is 14.3 Å². The molecule has 1 N–H and O–H groups in total. The molecule has 0 aliphatic carbocycles. The molecule has 0 aliphatic heterocycles. The number of nitriles is 1. The van der Waals surface area contributed by atoms with Gasteiger partial charge in [-0.25, -0.2) is 0 Å². The summed E-state index contributed by atoms with van der Waals surface area (Å²) in [7, 11) is 0. The SMILES string of the molecule is CCOc1cc(/C=C(\C#N)C(=O)Nc2cccc(Cl)c2)ccc1OCc1cccc(C)c1. The Balaban J connectivity index is 1.78. The number of ether oxygens (including phenoxy) is 2. The fourth-order valence-electron chi connectivity index (χ4n) is 3.04. The summed E-state index contributed by atoms with van der Waals surface area (Å²) in [6.07, 6.45) is 1.51. The maximum Gasteiger partial charge on any atom is 0.266 e. The van der Waals surface area contributed by atoms with E-state index in [0.29, 0.717) is 41.0 Å². The molecule has 3 aromatic carbocycles. The van der Waals surface area contributed by atoms with Gasteiger partial charge in [-0.15, -0.1) is 0 Å². The number of benzene rings is 3.